The number of hydrogen-bond donors (Lipinski definition) is 5. The van der Waals surface area contributed by atoms with Gasteiger partial charge in [-0.1, -0.05) is 44.2 Å². The van der Waals surface area contributed by atoms with E-state index in [0.717, 1.165) is 15.5 Å². The molecule has 39 heavy (non-hydrogen) atoms. The average Bonchev–Trinajstić information content (AvgIpc) is 3.30. The normalized spacial score (nSPS) is 13.7. The molecular weight excluding hydrogens is 502 g/mol. The van der Waals surface area contributed by atoms with Gasteiger partial charge < -0.3 is 25.7 Å². The van der Waals surface area contributed by atoms with E-state index in [9.17, 15) is 29.1 Å². The highest BCUT2D eigenvalue weighted by molar-refractivity contribution is 5.92. The molecule has 0 spiro atoms. The Balaban J connectivity index is 1.69. The lowest BCUT2D eigenvalue weighted by Crippen LogP contribution is -2.53. The van der Waals surface area contributed by atoms with E-state index in [1.165, 1.54) is 6.92 Å². The Bertz CT molecular complexity index is 1650. The summed E-state index contributed by atoms with van der Waals surface area (Å²) in [7, 11) is 0. The van der Waals surface area contributed by atoms with Crippen LogP contribution in [0.15, 0.2) is 64.3 Å². The van der Waals surface area contributed by atoms with Crippen molar-refractivity contribution in [3.05, 3.63) is 81.1 Å². The third kappa shape index (κ3) is 5.92. The number of hydrogen-bond acceptors (Lipinski definition) is 5. The number of amides is 2. The number of nitrogens with one attached hydrogen (secondary N) is 4. The van der Waals surface area contributed by atoms with E-state index < -0.39 is 47.2 Å². The molecular formula is C28H31N5O6. The quantitative estimate of drug-likeness (QED) is 0.209. The Labute approximate surface area is 223 Å². The first-order chi connectivity index (χ1) is 18.6. The fourth-order valence-electron chi connectivity index (χ4n) is 4.63. The highest BCUT2D eigenvalue weighted by Gasteiger charge is 2.30. The van der Waals surface area contributed by atoms with Crippen molar-refractivity contribution >= 4 is 39.6 Å². The molecule has 0 radical (unpaired) electrons. The predicted octanol–water partition coefficient (Wildman–Crippen LogP) is 2.08. The number of aliphatic carboxylic acids is 1. The largest absolute Gasteiger partial charge is 0.480 e. The minimum Gasteiger partial charge on any atom is -0.480 e. The van der Waals surface area contributed by atoms with E-state index in [-0.39, 0.29) is 24.1 Å². The third-order valence-electron chi connectivity index (χ3n) is 6.61. The Kier molecular flexibility index (Phi) is 7.99. The van der Waals surface area contributed by atoms with Crippen LogP contribution in [0.3, 0.4) is 0 Å². The fourth-order valence-corrected chi connectivity index (χ4v) is 4.63. The smallest absolute Gasteiger partial charge is 0.329 e. The summed E-state index contributed by atoms with van der Waals surface area (Å²) in [4.78, 5) is 70.4. The van der Waals surface area contributed by atoms with Gasteiger partial charge in [0.1, 0.15) is 18.1 Å². The number of H-pyrrole nitrogens is 2. The van der Waals surface area contributed by atoms with Crippen molar-refractivity contribution in [2.24, 2.45) is 5.92 Å². The highest BCUT2D eigenvalue weighted by atomic mass is 16.4. The molecule has 3 unspecified atom stereocenters. The molecule has 2 heterocycles. The minimum absolute atomic E-state index is 0.0170. The van der Waals surface area contributed by atoms with Crippen LogP contribution in [0.5, 0.6) is 0 Å². The van der Waals surface area contributed by atoms with Crippen molar-refractivity contribution in [2.45, 2.75) is 51.7 Å². The lowest BCUT2D eigenvalue weighted by Gasteiger charge is -2.23. The van der Waals surface area contributed by atoms with Gasteiger partial charge in [0.25, 0.3) is 5.56 Å². The molecule has 0 saturated heterocycles. The predicted molar refractivity (Wildman–Crippen MR) is 146 cm³/mol. The van der Waals surface area contributed by atoms with E-state index in [1.54, 1.807) is 30.5 Å². The van der Waals surface area contributed by atoms with Crippen LogP contribution in [0.25, 0.3) is 21.8 Å². The Hall–Kier alpha value is -4.67. The number of carbonyl (C=O) groups excluding carboxylic acids is 2. The molecule has 0 aliphatic heterocycles. The van der Waals surface area contributed by atoms with Gasteiger partial charge in [0.15, 0.2) is 0 Å². The van der Waals surface area contributed by atoms with Gasteiger partial charge >= 0.3 is 11.7 Å². The number of benzene rings is 2. The topological polar surface area (TPSA) is 166 Å². The van der Waals surface area contributed by atoms with Crippen LogP contribution < -0.4 is 21.9 Å². The Morgan fingerprint density at radius 2 is 1.54 bits per heavy atom. The van der Waals surface area contributed by atoms with Crippen LogP contribution in [0.1, 0.15) is 38.8 Å². The van der Waals surface area contributed by atoms with E-state index in [0.29, 0.717) is 11.1 Å². The first-order valence-electron chi connectivity index (χ1n) is 12.7. The van der Waals surface area contributed by atoms with Gasteiger partial charge in [-0.3, -0.25) is 14.4 Å². The van der Waals surface area contributed by atoms with Crippen molar-refractivity contribution in [2.75, 3.05) is 0 Å². The fraction of sp³-hybridized carbons (Fsp3) is 0.321. The van der Waals surface area contributed by atoms with Crippen LogP contribution in [-0.4, -0.2) is 49.5 Å². The lowest BCUT2D eigenvalue weighted by molar-refractivity contribution is -0.142. The second-order valence-electron chi connectivity index (χ2n) is 9.99. The van der Waals surface area contributed by atoms with Crippen molar-refractivity contribution in [1.82, 2.24) is 25.2 Å². The summed E-state index contributed by atoms with van der Waals surface area (Å²) in [5.41, 5.74) is 0.454. The molecule has 11 nitrogen and oxygen atoms in total. The second-order valence-corrected chi connectivity index (χ2v) is 9.99. The standard InChI is InChI=1S/C28H31N5O6/c1-15(2)12-22(27(37)38)31-24(34)16(3)30-25(35)23(13-17-14-29-20-10-6-4-8-18(17)20)33-26(36)19-9-5-7-11-21(19)32-28(33)39/h4-11,14-16,22-23,29H,12-13H2,1-3H3,(H,30,35)(H,31,34)(H,32,39)(H,37,38). The molecule has 204 valence electrons. The maximum atomic E-state index is 13.6. The monoisotopic (exact) mass is 533 g/mol. The van der Waals surface area contributed by atoms with Crippen LogP contribution in [-0.2, 0) is 20.8 Å². The number of aromatic nitrogens is 3. The summed E-state index contributed by atoms with van der Waals surface area (Å²) < 4.78 is 0.864. The molecule has 0 fully saturated rings. The van der Waals surface area contributed by atoms with Crippen molar-refractivity contribution in [1.29, 1.82) is 0 Å². The van der Waals surface area contributed by atoms with Crippen molar-refractivity contribution in [3.8, 4) is 0 Å². The van der Waals surface area contributed by atoms with Crippen LogP contribution in [0.4, 0.5) is 0 Å². The molecule has 0 aliphatic rings. The van der Waals surface area contributed by atoms with Gasteiger partial charge in [0.05, 0.1) is 10.9 Å². The molecule has 2 aromatic heterocycles. The van der Waals surface area contributed by atoms with Gasteiger partial charge in [-0.2, -0.15) is 0 Å². The molecule has 0 bridgehead atoms. The Morgan fingerprint density at radius 3 is 2.21 bits per heavy atom. The number of nitrogens with zero attached hydrogens (tertiary/aromatic N) is 1. The van der Waals surface area contributed by atoms with Gasteiger partial charge in [0, 0.05) is 23.5 Å². The van der Waals surface area contributed by atoms with Gasteiger partial charge in [-0.05, 0) is 43.0 Å². The van der Waals surface area contributed by atoms with E-state index in [4.69, 9.17) is 0 Å². The second kappa shape index (κ2) is 11.4. The molecule has 2 aromatic carbocycles. The maximum Gasteiger partial charge on any atom is 0.329 e. The van der Waals surface area contributed by atoms with E-state index in [1.807, 2.05) is 38.1 Å². The first-order valence-corrected chi connectivity index (χ1v) is 12.7. The summed E-state index contributed by atoms with van der Waals surface area (Å²) in [6.45, 7) is 5.08. The van der Waals surface area contributed by atoms with Gasteiger partial charge in [-0.15, -0.1) is 0 Å². The molecule has 3 atom stereocenters. The van der Waals surface area contributed by atoms with Crippen LogP contribution in [0.2, 0.25) is 0 Å². The van der Waals surface area contributed by atoms with Crippen molar-refractivity contribution < 1.29 is 19.5 Å². The van der Waals surface area contributed by atoms with Gasteiger partial charge in [0.2, 0.25) is 11.8 Å². The SMILES string of the molecule is CC(C)CC(NC(=O)C(C)NC(=O)C(Cc1c[nH]c2ccccc12)n1c(=O)[nH]c2ccccc2c1=O)C(=O)O. The molecule has 0 saturated carbocycles. The summed E-state index contributed by atoms with van der Waals surface area (Å²) in [5, 5.41) is 15.6. The lowest BCUT2D eigenvalue weighted by atomic mass is 10.0. The number of carboxylic acid groups (broad SMARTS) is 1. The zero-order chi connectivity index (χ0) is 28.3. The average molecular weight is 534 g/mol. The zero-order valence-electron chi connectivity index (χ0n) is 21.9. The highest BCUT2D eigenvalue weighted by Crippen LogP contribution is 2.22. The van der Waals surface area contributed by atoms with Crippen molar-refractivity contribution in [3.63, 3.8) is 0 Å². The molecule has 11 heteroatoms. The summed E-state index contributed by atoms with van der Waals surface area (Å²) in [6.07, 6.45) is 1.91. The minimum atomic E-state index is -1.30. The number of rotatable bonds is 10. The number of aromatic amines is 2. The summed E-state index contributed by atoms with van der Waals surface area (Å²) >= 11 is 0. The maximum absolute atomic E-state index is 13.6. The first kappa shape index (κ1) is 27.4. The molecule has 5 N–H and O–H groups in total. The number of carboxylic acids is 1. The number of fused-ring (bicyclic) bond motifs is 2. The zero-order valence-corrected chi connectivity index (χ0v) is 21.9. The number of para-hydroxylation sites is 2. The van der Waals surface area contributed by atoms with E-state index in [2.05, 4.69) is 20.6 Å². The third-order valence-corrected chi connectivity index (χ3v) is 6.61. The van der Waals surface area contributed by atoms with E-state index >= 15 is 0 Å². The summed E-state index contributed by atoms with van der Waals surface area (Å²) in [6, 6.07) is 10.4. The summed E-state index contributed by atoms with van der Waals surface area (Å²) in [5.74, 6) is -2.59. The van der Waals surface area contributed by atoms with Crippen LogP contribution >= 0.6 is 0 Å². The number of carbonyl (C=O) groups is 3. The molecule has 0 aliphatic carbocycles. The molecule has 4 aromatic rings. The molecule has 4 rings (SSSR count). The van der Waals surface area contributed by atoms with Gasteiger partial charge in [-0.25, -0.2) is 14.2 Å². The molecule has 2 amide bonds. The Morgan fingerprint density at radius 1 is 0.897 bits per heavy atom. The van der Waals surface area contributed by atoms with Crippen LogP contribution in [0, 0.1) is 5.92 Å².